The molecule has 0 saturated carbocycles. The number of nitrogens with one attached hydrogen (secondary N) is 1. The third kappa shape index (κ3) is 3.32. The average molecular weight is 316 g/mol. The maximum absolute atomic E-state index is 7.51. The third-order valence-corrected chi connectivity index (χ3v) is 3.11. The van der Waals surface area contributed by atoms with Crippen LogP contribution in [0.25, 0.3) is 0 Å². The van der Waals surface area contributed by atoms with Crippen molar-refractivity contribution < 1.29 is 4.74 Å². The van der Waals surface area contributed by atoms with Crippen LogP contribution in [0, 0.1) is 5.41 Å². The Morgan fingerprint density at radius 2 is 1.53 bits per heavy atom. The summed E-state index contributed by atoms with van der Waals surface area (Å²) < 4.78 is 5.64. The summed E-state index contributed by atoms with van der Waals surface area (Å²) in [7, 11) is 0. The van der Waals surface area contributed by atoms with E-state index < -0.39 is 0 Å². The Bertz CT molecular complexity index is 644. The molecule has 0 aliphatic heterocycles. The lowest BCUT2D eigenvalue weighted by Crippen LogP contribution is -2.12. The summed E-state index contributed by atoms with van der Waals surface area (Å²) in [6, 6.07) is 9.71. The van der Waals surface area contributed by atoms with Crippen molar-refractivity contribution in [1.82, 2.24) is 0 Å². The zero-order valence-electron chi connectivity index (χ0n) is 9.58. The molecule has 0 bridgehead atoms. The van der Waals surface area contributed by atoms with Gasteiger partial charge in [0.15, 0.2) is 0 Å². The third-order valence-electron chi connectivity index (χ3n) is 2.35. The van der Waals surface area contributed by atoms with E-state index in [1.807, 2.05) is 0 Å². The zero-order chi connectivity index (χ0) is 14.0. The maximum Gasteiger partial charge on any atom is 0.146 e. The van der Waals surface area contributed by atoms with E-state index in [0.29, 0.717) is 32.1 Å². The normalized spacial score (nSPS) is 10.3. The molecular weight excluding hydrogens is 307 g/mol. The van der Waals surface area contributed by atoms with Gasteiger partial charge in [-0.3, -0.25) is 5.41 Å². The quantitative estimate of drug-likeness (QED) is 0.636. The summed E-state index contributed by atoms with van der Waals surface area (Å²) in [4.78, 5) is 0. The van der Waals surface area contributed by atoms with Crippen LogP contribution in [0.1, 0.15) is 5.56 Å². The molecule has 0 atom stereocenters. The molecule has 19 heavy (non-hydrogen) atoms. The van der Waals surface area contributed by atoms with Crippen molar-refractivity contribution in [1.29, 1.82) is 5.41 Å². The molecule has 0 aliphatic rings. The number of rotatable bonds is 3. The molecule has 98 valence electrons. The Morgan fingerprint density at radius 1 is 0.947 bits per heavy atom. The minimum atomic E-state index is -0.136. The Hall–Kier alpha value is -1.42. The number of ether oxygens (including phenoxy) is 1. The van der Waals surface area contributed by atoms with E-state index in [4.69, 9.17) is 50.7 Å². The van der Waals surface area contributed by atoms with E-state index in [9.17, 15) is 0 Å². The molecular formula is C13H9Cl3N2O. The predicted octanol–water partition coefficient (Wildman–Crippen LogP) is 4.72. The van der Waals surface area contributed by atoms with Gasteiger partial charge in [0, 0.05) is 10.0 Å². The highest BCUT2D eigenvalue weighted by Gasteiger charge is 2.11. The highest BCUT2D eigenvalue weighted by atomic mass is 35.5. The SMILES string of the molecule is N=C(N)c1cc(Cl)ccc1Oc1ccc(Cl)cc1Cl. The first-order valence-corrected chi connectivity index (χ1v) is 6.37. The largest absolute Gasteiger partial charge is 0.455 e. The summed E-state index contributed by atoms with van der Waals surface area (Å²) >= 11 is 17.7. The monoisotopic (exact) mass is 314 g/mol. The molecule has 2 aromatic carbocycles. The van der Waals surface area contributed by atoms with Gasteiger partial charge in [-0.05, 0) is 36.4 Å². The van der Waals surface area contributed by atoms with E-state index in [-0.39, 0.29) is 5.84 Å². The Balaban J connectivity index is 2.40. The molecule has 0 unspecified atom stereocenters. The second kappa shape index (κ2) is 5.70. The van der Waals surface area contributed by atoms with Crippen molar-refractivity contribution in [2.45, 2.75) is 0 Å². The van der Waals surface area contributed by atoms with E-state index in [2.05, 4.69) is 0 Å². The second-order valence-corrected chi connectivity index (χ2v) is 5.01. The standard InChI is InChI=1S/C13H9Cl3N2O/c14-7-1-3-11(9(5-7)13(17)18)19-12-4-2-8(15)6-10(12)16/h1-6H,(H3,17,18). The Kier molecular flexibility index (Phi) is 4.20. The molecule has 0 radical (unpaired) electrons. The van der Waals surface area contributed by atoms with Crippen molar-refractivity contribution >= 4 is 40.6 Å². The van der Waals surface area contributed by atoms with Gasteiger partial charge >= 0.3 is 0 Å². The number of benzene rings is 2. The fraction of sp³-hybridized carbons (Fsp3) is 0. The molecule has 2 aromatic rings. The van der Waals surface area contributed by atoms with Crippen molar-refractivity contribution in [3.05, 3.63) is 57.0 Å². The fourth-order valence-electron chi connectivity index (χ4n) is 1.48. The van der Waals surface area contributed by atoms with Crippen LogP contribution in [0.2, 0.25) is 15.1 Å². The van der Waals surface area contributed by atoms with Gasteiger partial charge in [-0.25, -0.2) is 0 Å². The van der Waals surface area contributed by atoms with Crippen LogP contribution in [0.5, 0.6) is 11.5 Å². The summed E-state index contributed by atoms with van der Waals surface area (Å²) in [6.07, 6.45) is 0. The number of halogens is 3. The predicted molar refractivity (Wildman–Crippen MR) is 79.0 cm³/mol. The first-order valence-electron chi connectivity index (χ1n) is 5.24. The van der Waals surface area contributed by atoms with Crippen molar-refractivity contribution in [2.75, 3.05) is 0 Å². The Labute approximate surface area is 125 Å². The summed E-state index contributed by atoms with van der Waals surface area (Å²) in [5, 5.41) is 8.87. The number of amidine groups is 1. The number of hydrogen-bond acceptors (Lipinski definition) is 2. The van der Waals surface area contributed by atoms with Crippen LogP contribution in [0.3, 0.4) is 0 Å². The van der Waals surface area contributed by atoms with Crippen LogP contribution in [-0.2, 0) is 0 Å². The fourth-order valence-corrected chi connectivity index (χ4v) is 2.10. The summed E-state index contributed by atoms with van der Waals surface area (Å²) in [5.74, 6) is 0.694. The topological polar surface area (TPSA) is 59.1 Å². The number of hydrogen-bond donors (Lipinski definition) is 2. The van der Waals surface area contributed by atoms with E-state index in [0.717, 1.165) is 0 Å². The van der Waals surface area contributed by atoms with Gasteiger partial charge in [-0.2, -0.15) is 0 Å². The van der Waals surface area contributed by atoms with Crippen LogP contribution in [0.15, 0.2) is 36.4 Å². The van der Waals surface area contributed by atoms with Gasteiger partial charge in [0.1, 0.15) is 17.3 Å². The lowest BCUT2D eigenvalue weighted by atomic mass is 10.2. The number of nitrogen functional groups attached to an aromatic ring is 1. The highest BCUT2D eigenvalue weighted by molar-refractivity contribution is 6.35. The molecule has 0 heterocycles. The Morgan fingerprint density at radius 3 is 2.11 bits per heavy atom. The first kappa shape index (κ1) is 14.0. The molecule has 0 amide bonds. The van der Waals surface area contributed by atoms with Crippen LogP contribution < -0.4 is 10.5 Å². The zero-order valence-corrected chi connectivity index (χ0v) is 11.9. The van der Waals surface area contributed by atoms with Crippen LogP contribution in [-0.4, -0.2) is 5.84 Å². The van der Waals surface area contributed by atoms with Gasteiger partial charge < -0.3 is 10.5 Å². The average Bonchev–Trinajstić information content (AvgIpc) is 2.34. The molecule has 0 aliphatic carbocycles. The second-order valence-electron chi connectivity index (χ2n) is 3.73. The first-order chi connectivity index (χ1) is 8.97. The van der Waals surface area contributed by atoms with Gasteiger partial charge in [-0.15, -0.1) is 0 Å². The summed E-state index contributed by atoms with van der Waals surface area (Å²) in [5.41, 5.74) is 5.89. The minimum Gasteiger partial charge on any atom is -0.455 e. The van der Waals surface area contributed by atoms with Gasteiger partial charge in [-0.1, -0.05) is 34.8 Å². The van der Waals surface area contributed by atoms with E-state index in [1.54, 1.807) is 36.4 Å². The van der Waals surface area contributed by atoms with Crippen LogP contribution >= 0.6 is 34.8 Å². The smallest absolute Gasteiger partial charge is 0.146 e. The van der Waals surface area contributed by atoms with Crippen LogP contribution in [0.4, 0.5) is 0 Å². The van der Waals surface area contributed by atoms with E-state index in [1.165, 1.54) is 0 Å². The van der Waals surface area contributed by atoms with Gasteiger partial charge in [0.05, 0.1) is 10.6 Å². The molecule has 0 spiro atoms. The van der Waals surface area contributed by atoms with Crippen molar-refractivity contribution in [3.63, 3.8) is 0 Å². The van der Waals surface area contributed by atoms with Crippen molar-refractivity contribution in [3.8, 4) is 11.5 Å². The molecule has 3 N–H and O–H groups in total. The maximum atomic E-state index is 7.51. The molecule has 6 heteroatoms. The molecule has 0 fully saturated rings. The molecule has 0 saturated heterocycles. The highest BCUT2D eigenvalue weighted by Crippen LogP contribution is 2.33. The minimum absolute atomic E-state index is 0.136. The molecule has 0 aromatic heterocycles. The van der Waals surface area contributed by atoms with E-state index >= 15 is 0 Å². The lowest BCUT2D eigenvalue weighted by Gasteiger charge is -2.12. The summed E-state index contributed by atoms with van der Waals surface area (Å²) in [6.45, 7) is 0. The van der Waals surface area contributed by atoms with Gasteiger partial charge in [0.25, 0.3) is 0 Å². The number of nitrogens with two attached hydrogens (primary N) is 1. The lowest BCUT2D eigenvalue weighted by molar-refractivity contribution is 0.482. The van der Waals surface area contributed by atoms with Crippen molar-refractivity contribution in [2.24, 2.45) is 5.73 Å². The van der Waals surface area contributed by atoms with Gasteiger partial charge in [0.2, 0.25) is 0 Å². The molecule has 2 rings (SSSR count). The molecule has 3 nitrogen and oxygen atoms in total.